The molecule has 1 aromatic rings. The SMILES string of the molecule is COc1cc(S(=O)(=O)NC2CCCNC2)ccc1Br.Cl. The number of piperidine rings is 1. The third-order valence-corrected chi connectivity index (χ3v) is 5.22. The van der Waals surface area contributed by atoms with Gasteiger partial charge in [0.15, 0.2) is 0 Å². The Morgan fingerprint density at radius 3 is 2.80 bits per heavy atom. The highest BCUT2D eigenvalue weighted by atomic mass is 79.9. The minimum atomic E-state index is -3.50. The summed E-state index contributed by atoms with van der Waals surface area (Å²) in [7, 11) is -1.99. The number of methoxy groups -OCH3 is 1. The van der Waals surface area contributed by atoms with Crippen molar-refractivity contribution in [3.63, 3.8) is 0 Å². The van der Waals surface area contributed by atoms with Crippen molar-refractivity contribution in [3.8, 4) is 5.75 Å². The molecular weight excluding hydrogens is 368 g/mol. The number of sulfonamides is 1. The minimum absolute atomic E-state index is 0. The second-order valence-electron chi connectivity index (χ2n) is 4.46. The monoisotopic (exact) mass is 384 g/mol. The van der Waals surface area contributed by atoms with E-state index in [0.717, 1.165) is 23.9 Å². The molecule has 114 valence electrons. The average Bonchev–Trinajstić information content (AvgIpc) is 2.39. The average molecular weight is 386 g/mol. The van der Waals surface area contributed by atoms with Gasteiger partial charge in [0.2, 0.25) is 10.0 Å². The van der Waals surface area contributed by atoms with Crippen LogP contribution in [0.1, 0.15) is 12.8 Å². The number of hydrogen-bond acceptors (Lipinski definition) is 4. The Hall–Kier alpha value is -0.340. The van der Waals surface area contributed by atoms with Gasteiger partial charge in [-0.3, -0.25) is 0 Å². The molecule has 1 saturated heterocycles. The maximum absolute atomic E-state index is 12.3. The van der Waals surface area contributed by atoms with Crippen LogP contribution < -0.4 is 14.8 Å². The van der Waals surface area contributed by atoms with E-state index in [4.69, 9.17) is 4.74 Å². The van der Waals surface area contributed by atoms with Crippen molar-refractivity contribution >= 4 is 38.4 Å². The van der Waals surface area contributed by atoms with E-state index in [-0.39, 0.29) is 23.3 Å². The number of rotatable bonds is 4. The first kappa shape index (κ1) is 17.7. The van der Waals surface area contributed by atoms with E-state index in [0.29, 0.717) is 12.3 Å². The van der Waals surface area contributed by atoms with Crippen molar-refractivity contribution < 1.29 is 13.2 Å². The normalized spacial score (nSPS) is 19.2. The standard InChI is InChI=1S/C12H17BrN2O3S.ClH/c1-18-12-7-10(4-5-11(12)13)19(16,17)15-9-3-2-6-14-8-9;/h4-5,7,9,14-15H,2-3,6,8H2,1H3;1H. The molecule has 0 aromatic heterocycles. The van der Waals surface area contributed by atoms with Crippen molar-refractivity contribution in [2.45, 2.75) is 23.8 Å². The maximum Gasteiger partial charge on any atom is 0.240 e. The molecule has 1 atom stereocenters. The Kier molecular flexibility index (Phi) is 6.74. The summed E-state index contributed by atoms with van der Waals surface area (Å²) in [5, 5.41) is 3.18. The Bertz CT molecular complexity index is 548. The molecule has 2 rings (SSSR count). The Balaban J connectivity index is 0.00000200. The summed E-state index contributed by atoms with van der Waals surface area (Å²) in [5.74, 6) is 0.504. The van der Waals surface area contributed by atoms with Gasteiger partial charge in [-0.2, -0.15) is 0 Å². The summed E-state index contributed by atoms with van der Waals surface area (Å²) < 4.78 is 33.1. The van der Waals surface area contributed by atoms with Crippen molar-refractivity contribution in [2.75, 3.05) is 20.2 Å². The molecule has 20 heavy (non-hydrogen) atoms. The molecule has 0 bridgehead atoms. The Labute approximate surface area is 134 Å². The van der Waals surface area contributed by atoms with E-state index in [1.165, 1.54) is 13.2 Å². The predicted molar refractivity (Wildman–Crippen MR) is 84.2 cm³/mol. The lowest BCUT2D eigenvalue weighted by Gasteiger charge is -2.23. The van der Waals surface area contributed by atoms with Gasteiger partial charge in [-0.05, 0) is 47.4 Å². The molecule has 5 nitrogen and oxygen atoms in total. The lowest BCUT2D eigenvalue weighted by atomic mass is 10.1. The molecule has 2 N–H and O–H groups in total. The first-order valence-electron chi connectivity index (χ1n) is 6.09. The fourth-order valence-electron chi connectivity index (χ4n) is 2.05. The van der Waals surface area contributed by atoms with Crippen LogP contribution in [-0.2, 0) is 10.0 Å². The molecule has 0 amide bonds. The molecule has 0 aliphatic carbocycles. The molecule has 0 saturated carbocycles. The molecule has 0 spiro atoms. The fourth-order valence-corrected chi connectivity index (χ4v) is 3.74. The zero-order chi connectivity index (χ0) is 13.9. The van der Waals surface area contributed by atoms with Crippen molar-refractivity contribution in [3.05, 3.63) is 22.7 Å². The summed E-state index contributed by atoms with van der Waals surface area (Å²) in [6.07, 6.45) is 1.84. The van der Waals surface area contributed by atoms with Gasteiger partial charge in [-0.25, -0.2) is 13.1 Å². The zero-order valence-electron chi connectivity index (χ0n) is 11.1. The first-order chi connectivity index (χ1) is 9.03. The van der Waals surface area contributed by atoms with Gasteiger partial charge in [-0.15, -0.1) is 12.4 Å². The Morgan fingerprint density at radius 1 is 1.45 bits per heavy atom. The number of ether oxygens (including phenoxy) is 1. The van der Waals surface area contributed by atoms with E-state index < -0.39 is 10.0 Å². The number of halogens is 2. The molecule has 1 aliphatic rings. The highest BCUT2D eigenvalue weighted by Crippen LogP contribution is 2.27. The van der Waals surface area contributed by atoms with Crippen molar-refractivity contribution in [1.82, 2.24) is 10.0 Å². The largest absolute Gasteiger partial charge is 0.496 e. The molecule has 1 unspecified atom stereocenters. The van der Waals surface area contributed by atoms with Gasteiger partial charge in [0.05, 0.1) is 16.5 Å². The van der Waals surface area contributed by atoms with Gasteiger partial charge < -0.3 is 10.1 Å². The lowest BCUT2D eigenvalue weighted by molar-refractivity contribution is 0.410. The van der Waals surface area contributed by atoms with Crippen LogP contribution in [0.15, 0.2) is 27.6 Å². The van der Waals surface area contributed by atoms with Gasteiger partial charge in [0, 0.05) is 18.7 Å². The van der Waals surface area contributed by atoms with Crippen LogP contribution in [0.25, 0.3) is 0 Å². The molecule has 1 heterocycles. The van der Waals surface area contributed by atoms with E-state index in [2.05, 4.69) is 26.0 Å². The van der Waals surface area contributed by atoms with E-state index in [1.807, 2.05) is 0 Å². The molecule has 1 aliphatic heterocycles. The predicted octanol–water partition coefficient (Wildman–Crippen LogP) is 1.91. The third-order valence-electron chi connectivity index (χ3n) is 3.05. The highest BCUT2D eigenvalue weighted by molar-refractivity contribution is 9.10. The Morgan fingerprint density at radius 2 is 2.20 bits per heavy atom. The summed E-state index contributed by atoms with van der Waals surface area (Å²) in [6, 6.07) is 4.70. The van der Waals surface area contributed by atoms with Gasteiger partial charge >= 0.3 is 0 Å². The van der Waals surface area contributed by atoms with Crippen LogP contribution in [0, 0.1) is 0 Å². The summed E-state index contributed by atoms with van der Waals surface area (Å²) in [4.78, 5) is 0.220. The van der Waals surface area contributed by atoms with E-state index >= 15 is 0 Å². The molecule has 0 radical (unpaired) electrons. The van der Waals surface area contributed by atoms with Crippen LogP contribution >= 0.6 is 28.3 Å². The maximum atomic E-state index is 12.3. The van der Waals surface area contributed by atoms with Crippen LogP contribution in [0.5, 0.6) is 5.75 Å². The topological polar surface area (TPSA) is 67.4 Å². The van der Waals surface area contributed by atoms with Crippen LogP contribution in [0.2, 0.25) is 0 Å². The fraction of sp³-hybridized carbons (Fsp3) is 0.500. The van der Waals surface area contributed by atoms with Crippen molar-refractivity contribution in [1.29, 1.82) is 0 Å². The summed E-state index contributed by atoms with van der Waals surface area (Å²) in [5.41, 5.74) is 0. The number of benzene rings is 1. The first-order valence-corrected chi connectivity index (χ1v) is 8.37. The number of nitrogens with one attached hydrogen (secondary N) is 2. The molecule has 1 aromatic carbocycles. The van der Waals surface area contributed by atoms with E-state index in [9.17, 15) is 8.42 Å². The smallest absolute Gasteiger partial charge is 0.240 e. The second-order valence-corrected chi connectivity index (χ2v) is 7.03. The van der Waals surface area contributed by atoms with Crippen LogP contribution in [0.3, 0.4) is 0 Å². The van der Waals surface area contributed by atoms with E-state index in [1.54, 1.807) is 12.1 Å². The van der Waals surface area contributed by atoms with Crippen LogP contribution in [-0.4, -0.2) is 34.7 Å². The van der Waals surface area contributed by atoms with Gasteiger partial charge in [0.25, 0.3) is 0 Å². The quantitative estimate of drug-likeness (QED) is 0.831. The third kappa shape index (κ3) is 4.33. The second kappa shape index (κ2) is 7.61. The minimum Gasteiger partial charge on any atom is -0.496 e. The van der Waals surface area contributed by atoms with Crippen LogP contribution in [0.4, 0.5) is 0 Å². The number of hydrogen-bond donors (Lipinski definition) is 2. The lowest BCUT2D eigenvalue weighted by Crippen LogP contribution is -2.45. The van der Waals surface area contributed by atoms with Gasteiger partial charge in [-0.1, -0.05) is 0 Å². The molecule has 8 heteroatoms. The summed E-state index contributed by atoms with van der Waals surface area (Å²) in [6.45, 7) is 1.62. The van der Waals surface area contributed by atoms with Crippen molar-refractivity contribution in [2.24, 2.45) is 0 Å². The van der Waals surface area contributed by atoms with Gasteiger partial charge in [0.1, 0.15) is 5.75 Å². The molecule has 1 fully saturated rings. The molecular formula is C12H18BrClN2O3S. The highest BCUT2D eigenvalue weighted by Gasteiger charge is 2.22. The zero-order valence-corrected chi connectivity index (χ0v) is 14.3. The summed E-state index contributed by atoms with van der Waals surface area (Å²) >= 11 is 3.31.